The number of benzene rings is 1. The predicted octanol–water partition coefficient (Wildman–Crippen LogP) is 3.26. The molecule has 1 aromatic rings. The lowest BCUT2D eigenvalue weighted by molar-refractivity contribution is 0.246. The quantitative estimate of drug-likeness (QED) is 0.882. The Balaban J connectivity index is 0.00000200. The maximum atomic E-state index is 11.7. The number of likely N-dealkylation sites (tertiary alicyclic amines) is 1. The number of para-hydroxylation sites is 1. The molecule has 0 bridgehead atoms. The molecule has 20 heavy (non-hydrogen) atoms. The van der Waals surface area contributed by atoms with Crippen LogP contribution in [0.25, 0.3) is 0 Å². The van der Waals surface area contributed by atoms with Crippen LogP contribution in [0.4, 0.5) is 10.5 Å². The average molecular weight is 342 g/mol. The molecule has 0 unspecified atom stereocenters. The average Bonchev–Trinajstić information content (AvgIpc) is 2.68. The Labute approximate surface area is 131 Å². The van der Waals surface area contributed by atoms with Crippen LogP contribution >= 0.6 is 17.0 Å². The molecule has 1 saturated heterocycles. The number of carbonyl (C=O) groups excluding carboxylic acids is 1. The Morgan fingerprint density at radius 3 is 2.35 bits per heavy atom. The lowest BCUT2D eigenvalue weighted by Crippen LogP contribution is -2.37. The molecule has 1 aliphatic rings. The molecule has 2 N–H and O–H groups in total. The van der Waals surface area contributed by atoms with Gasteiger partial charge in [0.05, 0.1) is 0 Å². The summed E-state index contributed by atoms with van der Waals surface area (Å²) in [7, 11) is 0. The Kier molecular flexibility index (Phi) is 8.30. The van der Waals surface area contributed by atoms with Crippen LogP contribution in [0.15, 0.2) is 30.3 Å². The summed E-state index contributed by atoms with van der Waals surface area (Å²) in [6, 6.07) is 9.39. The third kappa shape index (κ3) is 6.39. The van der Waals surface area contributed by atoms with Gasteiger partial charge in [0.1, 0.15) is 0 Å². The molecular weight excluding hydrogens is 318 g/mol. The van der Waals surface area contributed by atoms with Crippen molar-refractivity contribution in [1.82, 2.24) is 10.2 Å². The van der Waals surface area contributed by atoms with Crippen molar-refractivity contribution in [3.05, 3.63) is 30.3 Å². The highest BCUT2D eigenvalue weighted by Crippen LogP contribution is 2.08. The number of nitrogens with zero attached hydrogens (tertiary/aromatic N) is 1. The zero-order valence-corrected chi connectivity index (χ0v) is 13.5. The van der Waals surface area contributed by atoms with Gasteiger partial charge in [-0.1, -0.05) is 31.0 Å². The number of nitrogens with one attached hydrogen (secondary N) is 2. The number of urea groups is 1. The van der Waals surface area contributed by atoms with Gasteiger partial charge in [0.25, 0.3) is 0 Å². The molecular formula is C15H24BrN3O. The van der Waals surface area contributed by atoms with Crippen LogP contribution in [0.5, 0.6) is 0 Å². The van der Waals surface area contributed by atoms with Crippen LogP contribution in [0.1, 0.15) is 25.7 Å². The molecule has 5 heteroatoms. The van der Waals surface area contributed by atoms with Gasteiger partial charge in [-0.25, -0.2) is 4.79 Å². The van der Waals surface area contributed by atoms with E-state index in [1.807, 2.05) is 30.3 Å². The fraction of sp³-hybridized carbons (Fsp3) is 0.533. The Morgan fingerprint density at radius 1 is 1.05 bits per heavy atom. The molecule has 0 aliphatic carbocycles. The molecule has 2 amide bonds. The fourth-order valence-corrected chi connectivity index (χ4v) is 2.38. The lowest BCUT2D eigenvalue weighted by atomic mass is 10.2. The second-order valence-electron chi connectivity index (χ2n) is 5.00. The molecule has 1 fully saturated rings. The van der Waals surface area contributed by atoms with Gasteiger partial charge in [-0.15, -0.1) is 17.0 Å². The maximum absolute atomic E-state index is 11.7. The van der Waals surface area contributed by atoms with E-state index < -0.39 is 0 Å². The van der Waals surface area contributed by atoms with Crippen LogP contribution in [0.2, 0.25) is 0 Å². The summed E-state index contributed by atoms with van der Waals surface area (Å²) in [5, 5.41) is 5.73. The third-order valence-corrected chi connectivity index (χ3v) is 3.44. The summed E-state index contributed by atoms with van der Waals surface area (Å²) in [6.45, 7) is 3.99. The van der Waals surface area contributed by atoms with Gasteiger partial charge in [-0.05, 0) is 38.1 Å². The van der Waals surface area contributed by atoms with Crippen molar-refractivity contribution in [2.24, 2.45) is 0 Å². The minimum atomic E-state index is -0.124. The summed E-state index contributed by atoms with van der Waals surface area (Å²) in [5.41, 5.74) is 0.828. The number of hydrogen-bond donors (Lipinski definition) is 2. The Hall–Kier alpha value is -1.07. The lowest BCUT2D eigenvalue weighted by Gasteiger charge is -2.19. The van der Waals surface area contributed by atoms with Crippen LogP contribution in [-0.2, 0) is 0 Å². The zero-order valence-electron chi connectivity index (χ0n) is 11.8. The van der Waals surface area contributed by atoms with E-state index in [0.29, 0.717) is 6.54 Å². The zero-order chi connectivity index (χ0) is 13.3. The molecule has 4 nitrogen and oxygen atoms in total. The van der Waals surface area contributed by atoms with Crippen molar-refractivity contribution in [3.63, 3.8) is 0 Å². The first kappa shape index (κ1) is 17.0. The van der Waals surface area contributed by atoms with Crippen molar-refractivity contribution in [1.29, 1.82) is 0 Å². The molecule has 1 aliphatic heterocycles. The first-order valence-electron chi connectivity index (χ1n) is 7.17. The standard InChI is InChI=1S/C15H23N3O.BrH/c19-15(17-14-8-4-3-5-9-14)16-10-13-18-11-6-1-2-7-12-18;/h3-5,8-9H,1-2,6-7,10-13H2,(H2,16,17,19);1H. The Bertz CT molecular complexity index is 378. The van der Waals surface area contributed by atoms with Gasteiger partial charge in [-0.2, -0.15) is 0 Å². The number of amides is 2. The first-order valence-corrected chi connectivity index (χ1v) is 7.17. The van der Waals surface area contributed by atoms with Crippen molar-refractivity contribution in [2.45, 2.75) is 25.7 Å². The van der Waals surface area contributed by atoms with E-state index in [9.17, 15) is 4.79 Å². The molecule has 1 heterocycles. The third-order valence-electron chi connectivity index (χ3n) is 3.44. The molecule has 0 radical (unpaired) electrons. The van der Waals surface area contributed by atoms with Crippen molar-refractivity contribution in [2.75, 3.05) is 31.5 Å². The van der Waals surface area contributed by atoms with Gasteiger partial charge >= 0.3 is 6.03 Å². The van der Waals surface area contributed by atoms with E-state index in [1.165, 1.54) is 38.8 Å². The number of hydrogen-bond acceptors (Lipinski definition) is 2. The van der Waals surface area contributed by atoms with Crippen molar-refractivity contribution < 1.29 is 4.79 Å². The van der Waals surface area contributed by atoms with Crippen LogP contribution in [-0.4, -0.2) is 37.1 Å². The summed E-state index contributed by atoms with van der Waals surface area (Å²) in [4.78, 5) is 14.1. The predicted molar refractivity (Wildman–Crippen MR) is 88.7 cm³/mol. The summed E-state index contributed by atoms with van der Waals surface area (Å²) >= 11 is 0. The minimum Gasteiger partial charge on any atom is -0.337 e. The normalized spacial score (nSPS) is 15.8. The van der Waals surface area contributed by atoms with E-state index in [-0.39, 0.29) is 23.0 Å². The highest BCUT2D eigenvalue weighted by Gasteiger charge is 2.08. The van der Waals surface area contributed by atoms with Gasteiger partial charge in [0, 0.05) is 18.8 Å². The Morgan fingerprint density at radius 2 is 1.70 bits per heavy atom. The molecule has 112 valence electrons. The van der Waals surface area contributed by atoms with Crippen LogP contribution < -0.4 is 10.6 Å². The fourth-order valence-electron chi connectivity index (χ4n) is 2.38. The van der Waals surface area contributed by atoms with E-state index in [2.05, 4.69) is 15.5 Å². The van der Waals surface area contributed by atoms with Crippen LogP contribution in [0, 0.1) is 0 Å². The number of carbonyl (C=O) groups is 1. The van der Waals surface area contributed by atoms with Gasteiger partial charge < -0.3 is 15.5 Å². The van der Waals surface area contributed by atoms with Gasteiger partial charge in [0.2, 0.25) is 0 Å². The number of rotatable bonds is 4. The molecule has 0 atom stereocenters. The largest absolute Gasteiger partial charge is 0.337 e. The monoisotopic (exact) mass is 341 g/mol. The summed E-state index contributed by atoms with van der Waals surface area (Å²) < 4.78 is 0. The molecule has 0 saturated carbocycles. The van der Waals surface area contributed by atoms with E-state index in [1.54, 1.807) is 0 Å². The van der Waals surface area contributed by atoms with Gasteiger partial charge in [-0.3, -0.25) is 0 Å². The topological polar surface area (TPSA) is 44.4 Å². The molecule has 1 aromatic carbocycles. The smallest absolute Gasteiger partial charge is 0.319 e. The highest BCUT2D eigenvalue weighted by atomic mass is 79.9. The summed E-state index contributed by atoms with van der Waals surface area (Å²) in [5.74, 6) is 0. The molecule has 0 aromatic heterocycles. The minimum absolute atomic E-state index is 0. The number of anilines is 1. The second kappa shape index (κ2) is 9.77. The van der Waals surface area contributed by atoms with Crippen LogP contribution in [0.3, 0.4) is 0 Å². The second-order valence-corrected chi connectivity index (χ2v) is 5.00. The molecule has 2 rings (SSSR count). The van der Waals surface area contributed by atoms with E-state index in [4.69, 9.17) is 0 Å². The van der Waals surface area contributed by atoms with Crippen molar-refractivity contribution >= 4 is 28.7 Å². The maximum Gasteiger partial charge on any atom is 0.319 e. The first-order chi connectivity index (χ1) is 9.34. The highest BCUT2D eigenvalue weighted by molar-refractivity contribution is 8.93. The van der Waals surface area contributed by atoms with E-state index >= 15 is 0 Å². The van der Waals surface area contributed by atoms with Crippen molar-refractivity contribution in [3.8, 4) is 0 Å². The van der Waals surface area contributed by atoms with E-state index in [0.717, 1.165) is 12.2 Å². The SMILES string of the molecule is Br.O=C(NCCN1CCCCCC1)Nc1ccccc1. The molecule has 0 spiro atoms. The summed E-state index contributed by atoms with van der Waals surface area (Å²) in [6.07, 6.45) is 5.27. The van der Waals surface area contributed by atoms with Gasteiger partial charge in [0.15, 0.2) is 0 Å². The number of halogens is 1.